The largest absolute Gasteiger partial charge is 0.383 e. The molecule has 166 valence electrons. The molecule has 0 aliphatic heterocycles. The number of hydrogen-bond acceptors (Lipinski definition) is 5. The molecule has 1 amide bonds. The number of hydrogen-bond donors (Lipinski definition) is 2. The van der Waals surface area contributed by atoms with E-state index >= 15 is 0 Å². The molecular formula is C23H30N4O4. The van der Waals surface area contributed by atoms with Crippen molar-refractivity contribution < 1.29 is 9.53 Å². The van der Waals surface area contributed by atoms with Gasteiger partial charge in [0.25, 0.3) is 5.56 Å². The number of fused-ring (bicyclic) bond motifs is 2. The molecule has 0 spiro atoms. The molecule has 0 saturated heterocycles. The van der Waals surface area contributed by atoms with Crippen molar-refractivity contribution in [2.75, 3.05) is 24.4 Å². The number of nitrogens with two attached hydrogens (primary N) is 1. The quantitative estimate of drug-likeness (QED) is 0.672. The summed E-state index contributed by atoms with van der Waals surface area (Å²) in [7, 11) is 1.52. The summed E-state index contributed by atoms with van der Waals surface area (Å²) >= 11 is 0. The van der Waals surface area contributed by atoms with E-state index in [-0.39, 0.29) is 37.1 Å². The van der Waals surface area contributed by atoms with Crippen LogP contribution in [0.5, 0.6) is 0 Å². The van der Waals surface area contributed by atoms with E-state index in [4.69, 9.17) is 10.5 Å². The number of methoxy groups -OCH3 is 1. The number of aromatic amines is 1. The number of carbonyl (C=O) groups is 1. The summed E-state index contributed by atoms with van der Waals surface area (Å²) in [4.78, 5) is 42.4. The Labute approximate surface area is 181 Å². The number of carbonyl (C=O) groups excluding carboxylic acids is 1. The third kappa shape index (κ3) is 4.44. The second-order valence-corrected chi connectivity index (χ2v) is 8.74. The number of aromatic nitrogens is 2. The molecule has 2 aromatic rings. The minimum absolute atomic E-state index is 0.0111. The number of benzene rings is 1. The average molecular weight is 427 g/mol. The van der Waals surface area contributed by atoms with E-state index < -0.39 is 11.2 Å². The van der Waals surface area contributed by atoms with Gasteiger partial charge in [0, 0.05) is 13.5 Å². The minimum Gasteiger partial charge on any atom is -0.383 e. The van der Waals surface area contributed by atoms with Crippen LogP contribution in [0.1, 0.15) is 37.7 Å². The summed E-state index contributed by atoms with van der Waals surface area (Å²) < 4.78 is 6.31. The van der Waals surface area contributed by atoms with Crippen molar-refractivity contribution in [3.05, 3.63) is 56.7 Å². The first-order valence-electron chi connectivity index (χ1n) is 10.9. The summed E-state index contributed by atoms with van der Waals surface area (Å²) in [5, 5.41) is 0. The summed E-state index contributed by atoms with van der Waals surface area (Å²) in [6, 6.07) is 9.49. The smallest absolute Gasteiger partial charge is 0.330 e. The number of rotatable bonds is 8. The van der Waals surface area contributed by atoms with Crippen molar-refractivity contribution >= 4 is 17.4 Å². The van der Waals surface area contributed by atoms with Gasteiger partial charge in [-0.25, -0.2) is 4.79 Å². The van der Waals surface area contributed by atoms with E-state index in [9.17, 15) is 14.4 Å². The van der Waals surface area contributed by atoms with Crippen molar-refractivity contribution in [3.63, 3.8) is 0 Å². The van der Waals surface area contributed by atoms with Gasteiger partial charge in [-0.1, -0.05) is 36.8 Å². The predicted octanol–water partition coefficient (Wildman–Crippen LogP) is 2.12. The van der Waals surface area contributed by atoms with E-state index in [0.29, 0.717) is 18.3 Å². The van der Waals surface area contributed by atoms with Gasteiger partial charge in [-0.2, -0.15) is 0 Å². The van der Waals surface area contributed by atoms with Crippen LogP contribution in [0.2, 0.25) is 0 Å². The number of nitrogen functional groups attached to an aromatic ring is 1. The molecule has 2 aliphatic carbocycles. The lowest BCUT2D eigenvalue weighted by Crippen LogP contribution is -2.42. The molecule has 4 rings (SSSR count). The maximum Gasteiger partial charge on any atom is 0.330 e. The fourth-order valence-electron chi connectivity index (χ4n) is 5.26. The Hall–Kier alpha value is -2.87. The summed E-state index contributed by atoms with van der Waals surface area (Å²) in [5.74, 6) is 1.54. The van der Waals surface area contributed by atoms with Crippen LogP contribution in [0.15, 0.2) is 39.9 Å². The van der Waals surface area contributed by atoms with Gasteiger partial charge in [-0.15, -0.1) is 0 Å². The van der Waals surface area contributed by atoms with E-state index in [1.165, 1.54) is 35.8 Å². The number of nitrogens with one attached hydrogen (secondary N) is 1. The van der Waals surface area contributed by atoms with E-state index in [0.717, 1.165) is 17.9 Å². The van der Waals surface area contributed by atoms with Crippen LogP contribution in [0, 0.1) is 17.8 Å². The Morgan fingerprint density at radius 3 is 2.65 bits per heavy atom. The van der Waals surface area contributed by atoms with Gasteiger partial charge in [0.05, 0.1) is 19.7 Å². The molecule has 0 radical (unpaired) electrons. The molecule has 1 aromatic carbocycles. The van der Waals surface area contributed by atoms with Crippen molar-refractivity contribution in [1.82, 2.24) is 9.55 Å². The van der Waals surface area contributed by atoms with Crippen molar-refractivity contribution in [3.8, 4) is 0 Å². The Bertz CT molecular complexity index is 1050. The maximum atomic E-state index is 13.5. The lowest BCUT2D eigenvalue weighted by Gasteiger charge is -2.28. The standard InChI is InChI=1S/C23H30N4O4/c1-31-10-9-26-21(24)20(22(29)25-23(26)30)27(14-15-5-3-2-4-6-15)19(28)13-18-12-16-7-8-17(18)11-16/h2-6,16-18H,7-14,24H2,1H3,(H,25,29,30). The molecule has 3 atom stereocenters. The predicted molar refractivity (Wildman–Crippen MR) is 119 cm³/mol. The van der Waals surface area contributed by atoms with E-state index in [1.54, 1.807) is 0 Å². The molecule has 8 heteroatoms. The van der Waals surface area contributed by atoms with Crippen molar-refractivity contribution in [2.45, 2.75) is 45.2 Å². The van der Waals surface area contributed by atoms with Crippen LogP contribution >= 0.6 is 0 Å². The monoisotopic (exact) mass is 426 g/mol. The van der Waals surface area contributed by atoms with Gasteiger partial charge < -0.3 is 15.4 Å². The first-order valence-corrected chi connectivity index (χ1v) is 10.9. The Balaban J connectivity index is 1.69. The maximum absolute atomic E-state index is 13.5. The van der Waals surface area contributed by atoms with E-state index in [1.807, 2.05) is 30.3 Å². The Morgan fingerprint density at radius 1 is 1.23 bits per heavy atom. The van der Waals surface area contributed by atoms with E-state index in [2.05, 4.69) is 4.98 Å². The average Bonchev–Trinajstić information content (AvgIpc) is 3.36. The molecule has 1 heterocycles. The molecule has 1 aromatic heterocycles. The van der Waals surface area contributed by atoms with Gasteiger partial charge >= 0.3 is 5.69 Å². The van der Waals surface area contributed by atoms with Crippen LogP contribution in [0.25, 0.3) is 0 Å². The zero-order chi connectivity index (χ0) is 22.0. The highest BCUT2D eigenvalue weighted by Crippen LogP contribution is 2.49. The lowest BCUT2D eigenvalue weighted by molar-refractivity contribution is -0.120. The highest BCUT2D eigenvalue weighted by atomic mass is 16.5. The normalized spacial score (nSPS) is 22.0. The third-order valence-corrected chi connectivity index (χ3v) is 6.81. The number of ether oxygens (including phenoxy) is 1. The summed E-state index contributed by atoms with van der Waals surface area (Å²) in [6.45, 7) is 0.661. The zero-order valence-electron chi connectivity index (χ0n) is 17.9. The number of nitrogens with zero attached hydrogens (tertiary/aromatic N) is 2. The molecule has 3 N–H and O–H groups in total. The van der Waals surface area contributed by atoms with Crippen LogP contribution in [0.4, 0.5) is 11.5 Å². The van der Waals surface area contributed by atoms with Crippen molar-refractivity contribution in [1.29, 1.82) is 0 Å². The third-order valence-electron chi connectivity index (χ3n) is 6.81. The highest BCUT2D eigenvalue weighted by Gasteiger charge is 2.41. The number of anilines is 2. The van der Waals surface area contributed by atoms with Crippen molar-refractivity contribution in [2.24, 2.45) is 17.8 Å². The fourth-order valence-corrected chi connectivity index (χ4v) is 5.26. The van der Waals surface area contributed by atoms with Gasteiger partial charge in [0.2, 0.25) is 5.91 Å². The molecule has 2 bridgehead atoms. The molecule has 2 fully saturated rings. The first kappa shape index (κ1) is 21.4. The molecular weight excluding hydrogens is 396 g/mol. The summed E-state index contributed by atoms with van der Waals surface area (Å²) in [5.41, 5.74) is 5.95. The van der Waals surface area contributed by atoms with Gasteiger partial charge in [-0.3, -0.25) is 19.1 Å². The SMILES string of the molecule is COCCn1c(N)c(N(Cc2ccccc2)C(=O)CC2CC3CCC2C3)c(=O)[nH]c1=O. The second-order valence-electron chi connectivity index (χ2n) is 8.74. The van der Waals surface area contributed by atoms with Crippen LogP contribution < -0.4 is 21.9 Å². The Kier molecular flexibility index (Phi) is 6.27. The number of H-pyrrole nitrogens is 1. The minimum atomic E-state index is -0.645. The zero-order valence-corrected chi connectivity index (χ0v) is 17.9. The molecule has 8 nitrogen and oxygen atoms in total. The molecule has 2 aliphatic rings. The molecule has 31 heavy (non-hydrogen) atoms. The van der Waals surface area contributed by atoms with Crippen LogP contribution in [-0.4, -0.2) is 29.2 Å². The summed E-state index contributed by atoms with van der Waals surface area (Å²) in [6.07, 6.45) is 5.13. The fraction of sp³-hybridized carbons (Fsp3) is 0.522. The van der Waals surface area contributed by atoms with Gasteiger partial charge in [0.15, 0.2) is 5.69 Å². The topological polar surface area (TPSA) is 110 Å². The molecule has 3 unspecified atom stereocenters. The Morgan fingerprint density at radius 2 is 2.00 bits per heavy atom. The number of amides is 1. The van der Waals surface area contributed by atoms with Crippen LogP contribution in [-0.2, 0) is 22.6 Å². The van der Waals surface area contributed by atoms with Gasteiger partial charge in [-0.05, 0) is 42.6 Å². The second kappa shape index (κ2) is 9.09. The highest BCUT2D eigenvalue weighted by molar-refractivity contribution is 5.95. The lowest BCUT2D eigenvalue weighted by atomic mass is 9.86. The van der Waals surface area contributed by atoms with Crippen LogP contribution in [0.3, 0.4) is 0 Å². The van der Waals surface area contributed by atoms with Gasteiger partial charge in [0.1, 0.15) is 5.82 Å². The first-order chi connectivity index (χ1) is 15.0. The molecule has 2 saturated carbocycles.